The number of benzene rings is 1. The summed E-state index contributed by atoms with van der Waals surface area (Å²) in [6, 6.07) is 8.28. The first kappa shape index (κ1) is 27.9. The van der Waals surface area contributed by atoms with Crippen LogP contribution in [0.4, 0.5) is 37.0 Å². The molecule has 204 valence electrons. The second-order valence-electron chi connectivity index (χ2n) is 7.62. The number of halogens is 8. The van der Waals surface area contributed by atoms with Gasteiger partial charge in [0.15, 0.2) is 17.1 Å². The number of carbonyl (C=O) groups excluding carboxylic acids is 1. The number of nitrogens with one attached hydrogen (secondary N) is 1. The number of pyridine rings is 1. The van der Waals surface area contributed by atoms with Crippen molar-refractivity contribution in [3.05, 3.63) is 75.9 Å². The quantitative estimate of drug-likeness (QED) is 0.275. The highest BCUT2D eigenvalue weighted by Gasteiger charge is 2.41. The van der Waals surface area contributed by atoms with E-state index in [0.717, 1.165) is 12.1 Å². The number of carbonyl (C=O) groups is 1. The number of nitrogens with zero attached hydrogens (tertiary/aromatic N) is 5. The van der Waals surface area contributed by atoms with Crippen molar-refractivity contribution in [2.45, 2.75) is 18.9 Å². The van der Waals surface area contributed by atoms with Crippen molar-refractivity contribution < 1.29 is 35.9 Å². The van der Waals surface area contributed by atoms with Crippen molar-refractivity contribution in [1.29, 1.82) is 0 Å². The first-order chi connectivity index (χ1) is 18.2. The molecule has 0 aliphatic carbocycles. The zero-order valence-corrected chi connectivity index (χ0v) is 20.5. The number of amides is 1. The summed E-state index contributed by atoms with van der Waals surface area (Å²) >= 11 is 11.8. The van der Waals surface area contributed by atoms with Crippen LogP contribution < -0.4 is 15.8 Å². The van der Waals surface area contributed by atoms with Gasteiger partial charge >= 0.3 is 18.4 Å². The maximum Gasteiger partial charge on any atom is 0.437 e. The second-order valence-corrected chi connectivity index (χ2v) is 8.49. The Morgan fingerprint density at radius 2 is 1.67 bits per heavy atom. The molecule has 0 aliphatic heterocycles. The molecule has 0 saturated heterocycles. The van der Waals surface area contributed by atoms with E-state index < -0.39 is 52.9 Å². The second kappa shape index (κ2) is 10.6. The fraction of sp³-hybridized carbons (Fsp3) is 0.136. The average Bonchev–Trinajstić information content (AvgIpc) is 3.20. The van der Waals surface area contributed by atoms with Gasteiger partial charge in [-0.1, -0.05) is 29.3 Å². The molecule has 0 atom stereocenters. The molecule has 0 saturated carbocycles. The fourth-order valence-corrected chi connectivity index (χ4v) is 3.83. The molecule has 9 nitrogen and oxygen atoms in total. The number of ether oxygens (including phenoxy) is 1. The molecule has 3 aromatic heterocycles. The Morgan fingerprint density at radius 3 is 2.26 bits per heavy atom. The van der Waals surface area contributed by atoms with Crippen LogP contribution in [0.2, 0.25) is 10.0 Å². The van der Waals surface area contributed by atoms with Gasteiger partial charge in [-0.3, -0.25) is 4.98 Å². The summed E-state index contributed by atoms with van der Waals surface area (Å²) in [4.78, 5) is 22.9. The normalized spacial score (nSPS) is 11.9. The third kappa shape index (κ3) is 6.31. The van der Waals surface area contributed by atoms with Crippen LogP contribution in [-0.4, -0.2) is 30.8 Å². The lowest BCUT2D eigenvalue weighted by atomic mass is 10.1. The molecule has 0 spiro atoms. The van der Waals surface area contributed by atoms with Crippen LogP contribution in [-0.2, 0) is 18.9 Å². The van der Waals surface area contributed by atoms with Crippen molar-refractivity contribution in [3.63, 3.8) is 0 Å². The van der Waals surface area contributed by atoms with Crippen LogP contribution in [0.15, 0.2) is 48.8 Å². The maximum atomic E-state index is 13.8. The van der Waals surface area contributed by atoms with Gasteiger partial charge in [-0.05, 0) is 35.9 Å². The predicted octanol–water partition coefficient (Wildman–Crippen LogP) is 5.94. The smallest absolute Gasteiger partial charge is 0.406 e. The summed E-state index contributed by atoms with van der Waals surface area (Å²) in [6.07, 6.45) is -9.71. The largest absolute Gasteiger partial charge is 0.437 e. The van der Waals surface area contributed by atoms with Gasteiger partial charge in [0.1, 0.15) is 5.82 Å². The fourth-order valence-electron chi connectivity index (χ4n) is 3.31. The molecule has 0 fully saturated rings. The van der Waals surface area contributed by atoms with E-state index in [1.165, 1.54) is 12.3 Å². The van der Waals surface area contributed by atoms with E-state index in [2.05, 4.69) is 25.4 Å². The topological polar surface area (TPSA) is 121 Å². The zero-order chi connectivity index (χ0) is 28.5. The van der Waals surface area contributed by atoms with Gasteiger partial charge in [-0.2, -0.15) is 36.1 Å². The Bertz CT molecular complexity index is 1510. The molecule has 3 heterocycles. The van der Waals surface area contributed by atoms with E-state index in [1.54, 1.807) is 18.2 Å². The first-order valence-corrected chi connectivity index (χ1v) is 11.2. The number of anilines is 1. The monoisotopic (exact) mass is 591 g/mol. The highest BCUT2D eigenvalue weighted by molar-refractivity contribution is 6.35. The van der Waals surface area contributed by atoms with E-state index >= 15 is 0 Å². The van der Waals surface area contributed by atoms with Crippen LogP contribution in [0.1, 0.15) is 17.1 Å². The predicted molar refractivity (Wildman–Crippen MR) is 126 cm³/mol. The number of aromatic nitrogens is 5. The summed E-state index contributed by atoms with van der Waals surface area (Å²) in [5.41, 5.74) is 2.05. The number of rotatable bonds is 5. The van der Waals surface area contributed by atoms with Gasteiger partial charge in [0, 0.05) is 16.2 Å². The Kier molecular flexibility index (Phi) is 7.57. The van der Waals surface area contributed by atoms with Crippen LogP contribution in [0, 0.1) is 0 Å². The molecule has 3 N–H and O–H groups in total. The Morgan fingerprint density at radius 1 is 1.00 bits per heavy atom. The molecule has 0 radical (unpaired) electrons. The van der Waals surface area contributed by atoms with Gasteiger partial charge in [0.25, 0.3) is 5.95 Å². The minimum atomic E-state index is -5.22. The Hall–Kier alpha value is -4.11. The lowest BCUT2D eigenvalue weighted by molar-refractivity contribution is -0.143. The molecule has 4 aromatic rings. The standard InChI is InChI=1S/C22H13Cl2F6N7O2/c23-11-5-10(6-12(24)7-11)15-17(22(28,29)30)36-37(18(15)31)19-33-9-14(16(35-19)21(25,26)27)39-20(38)34-8-13-3-1-2-4-32-13/h1-7,9H,8,31H2,(H,34,38). The molecule has 39 heavy (non-hydrogen) atoms. The van der Waals surface area contributed by atoms with Gasteiger partial charge in [0.2, 0.25) is 0 Å². The maximum absolute atomic E-state index is 13.8. The van der Waals surface area contributed by atoms with Gasteiger partial charge in [0.05, 0.1) is 24.0 Å². The molecule has 4 rings (SSSR count). The number of hydrogen-bond acceptors (Lipinski definition) is 7. The third-order valence-electron chi connectivity index (χ3n) is 4.88. The SMILES string of the molecule is Nc1c(-c2cc(Cl)cc(Cl)c2)c(C(F)(F)F)nn1-c1ncc(OC(=O)NCc2ccccn2)c(C(F)(F)F)n1. The third-order valence-corrected chi connectivity index (χ3v) is 5.32. The molecule has 0 aliphatic rings. The molecular formula is C22H13Cl2F6N7O2. The highest BCUT2D eigenvalue weighted by atomic mass is 35.5. The van der Waals surface area contributed by atoms with Crippen LogP contribution in [0.5, 0.6) is 5.75 Å². The van der Waals surface area contributed by atoms with Crippen molar-refractivity contribution in [2.24, 2.45) is 0 Å². The molecule has 17 heteroatoms. The average molecular weight is 592 g/mol. The van der Waals surface area contributed by atoms with E-state index in [0.29, 0.717) is 11.9 Å². The van der Waals surface area contributed by atoms with Crippen molar-refractivity contribution in [2.75, 3.05) is 5.73 Å². The number of hydrogen-bond donors (Lipinski definition) is 2. The lowest BCUT2D eigenvalue weighted by Gasteiger charge is -2.13. The first-order valence-electron chi connectivity index (χ1n) is 10.5. The summed E-state index contributed by atoms with van der Waals surface area (Å²) < 4.78 is 87.8. The Balaban J connectivity index is 1.73. The van der Waals surface area contributed by atoms with Crippen molar-refractivity contribution in [3.8, 4) is 22.8 Å². The Labute approximate surface area is 224 Å². The van der Waals surface area contributed by atoms with Gasteiger partial charge < -0.3 is 15.8 Å². The van der Waals surface area contributed by atoms with Gasteiger partial charge in [-0.25, -0.2) is 14.8 Å². The number of alkyl halides is 6. The summed E-state index contributed by atoms with van der Waals surface area (Å²) in [5.74, 6) is -2.85. The van der Waals surface area contributed by atoms with Crippen molar-refractivity contribution >= 4 is 35.1 Å². The molecule has 0 bridgehead atoms. The molecular weight excluding hydrogens is 579 g/mol. The molecule has 1 aromatic carbocycles. The van der Waals surface area contributed by atoms with E-state index in [9.17, 15) is 31.1 Å². The minimum Gasteiger partial charge on any atom is -0.406 e. The van der Waals surface area contributed by atoms with Gasteiger partial charge in [-0.15, -0.1) is 0 Å². The zero-order valence-electron chi connectivity index (χ0n) is 19.0. The summed E-state index contributed by atoms with van der Waals surface area (Å²) in [7, 11) is 0. The molecule has 0 unspecified atom stereocenters. The van der Waals surface area contributed by atoms with Crippen LogP contribution in [0.25, 0.3) is 17.1 Å². The van der Waals surface area contributed by atoms with Crippen LogP contribution in [0.3, 0.4) is 0 Å². The van der Waals surface area contributed by atoms with E-state index in [4.69, 9.17) is 33.7 Å². The van der Waals surface area contributed by atoms with E-state index in [-0.39, 0.29) is 26.8 Å². The summed E-state index contributed by atoms with van der Waals surface area (Å²) in [5, 5.41) is 5.47. The number of nitrogens with two attached hydrogens (primary N) is 1. The van der Waals surface area contributed by atoms with Crippen molar-refractivity contribution in [1.82, 2.24) is 30.0 Å². The minimum absolute atomic E-state index is 0.0313. The number of nitrogen functional groups attached to an aromatic ring is 1. The molecule has 1 amide bonds. The van der Waals surface area contributed by atoms with Crippen LogP contribution >= 0.6 is 23.2 Å². The summed E-state index contributed by atoms with van der Waals surface area (Å²) in [6.45, 7) is -0.166. The lowest BCUT2D eigenvalue weighted by Crippen LogP contribution is -2.28. The highest BCUT2D eigenvalue weighted by Crippen LogP contribution is 2.42. The van der Waals surface area contributed by atoms with E-state index in [1.807, 2.05) is 0 Å².